The minimum absolute atomic E-state index is 0.0301. The highest BCUT2D eigenvalue weighted by molar-refractivity contribution is 6.03. The largest absolute Gasteiger partial charge is 0.339 e. The number of carbonyl (C=O) groups is 2. The predicted molar refractivity (Wildman–Crippen MR) is 134 cm³/mol. The molecule has 0 atom stereocenters. The molecule has 1 N–H and O–H groups in total. The molecule has 0 radical (unpaired) electrons. The number of allylic oxidation sites excluding steroid dienone is 1. The topological polar surface area (TPSA) is 105 Å². The molecule has 176 valence electrons. The zero-order valence-corrected chi connectivity index (χ0v) is 19.2. The molecular formula is C26H25N7O2. The lowest BCUT2D eigenvalue weighted by atomic mass is 9.94. The van der Waals surface area contributed by atoms with Crippen LogP contribution in [0.4, 0.5) is 5.69 Å². The third-order valence-electron chi connectivity index (χ3n) is 6.23. The Morgan fingerprint density at radius 1 is 1.11 bits per heavy atom. The van der Waals surface area contributed by atoms with E-state index in [0.29, 0.717) is 31.0 Å². The maximum Gasteiger partial charge on any atom is 0.274 e. The standard InChI is InChI=1S/C26H25N7O2/c1-2-25(34)32-13-10-18(11-14-32)24-17-33(31-30-24)21-6-3-5-20(15-21)28-26(35)23-8-4-7-22(29-23)19-9-12-27-16-19/h2-9,12,15,17-18H,1,10-11,13-14,16H2,(H,28,35). The molecule has 0 spiro atoms. The van der Waals surface area contributed by atoms with Crippen LogP contribution in [0.2, 0.25) is 0 Å². The second-order valence-corrected chi connectivity index (χ2v) is 8.49. The molecule has 0 bridgehead atoms. The Labute approximate surface area is 202 Å². The van der Waals surface area contributed by atoms with Crippen LogP contribution in [-0.2, 0) is 4.79 Å². The molecule has 9 nitrogen and oxygen atoms in total. The highest BCUT2D eigenvalue weighted by Gasteiger charge is 2.24. The second kappa shape index (κ2) is 9.84. The molecular weight excluding hydrogens is 442 g/mol. The first-order chi connectivity index (χ1) is 17.1. The Bertz CT molecular complexity index is 1330. The Morgan fingerprint density at radius 3 is 2.71 bits per heavy atom. The number of aliphatic imine (C=N–C) groups is 1. The van der Waals surface area contributed by atoms with Gasteiger partial charge in [0.1, 0.15) is 5.69 Å². The first kappa shape index (κ1) is 22.4. The lowest BCUT2D eigenvalue weighted by Crippen LogP contribution is -2.36. The molecule has 2 aromatic heterocycles. The van der Waals surface area contributed by atoms with Crippen molar-refractivity contribution in [1.29, 1.82) is 0 Å². The van der Waals surface area contributed by atoms with Gasteiger partial charge in [0.15, 0.2) is 0 Å². The highest BCUT2D eigenvalue weighted by Crippen LogP contribution is 2.27. The summed E-state index contributed by atoms with van der Waals surface area (Å²) in [5.41, 5.74) is 4.40. The number of hydrogen-bond acceptors (Lipinski definition) is 6. The number of piperidine rings is 1. The van der Waals surface area contributed by atoms with Crippen molar-refractivity contribution in [3.8, 4) is 5.69 Å². The van der Waals surface area contributed by atoms with Gasteiger partial charge in [0.25, 0.3) is 5.91 Å². The van der Waals surface area contributed by atoms with Gasteiger partial charge in [0.2, 0.25) is 5.91 Å². The molecule has 0 saturated carbocycles. The quantitative estimate of drug-likeness (QED) is 0.560. The van der Waals surface area contributed by atoms with Gasteiger partial charge in [-0.15, -0.1) is 5.10 Å². The molecule has 1 fully saturated rings. The molecule has 1 aromatic carbocycles. The summed E-state index contributed by atoms with van der Waals surface area (Å²) in [5, 5.41) is 11.6. The smallest absolute Gasteiger partial charge is 0.274 e. The van der Waals surface area contributed by atoms with Crippen LogP contribution in [0.25, 0.3) is 11.3 Å². The van der Waals surface area contributed by atoms with Gasteiger partial charge in [-0.05, 0) is 55.3 Å². The Balaban J connectivity index is 1.26. The van der Waals surface area contributed by atoms with Crippen molar-refractivity contribution in [1.82, 2.24) is 24.9 Å². The number of rotatable bonds is 6. The summed E-state index contributed by atoms with van der Waals surface area (Å²) >= 11 is 0. The maximum atomic E-state index is 12.8. The maximum absolute atomic E-state index is 12.8. The molecule has 2 aliphatic heterocycles. The Kier molecular flexibility index (Phi) is 6.30. The number of amides is 2. The van der Waals surface area contributed by atoms with E-state index in [1.165, 1.54) is 6.08 Å². The van der Waals surface area contributed by atoms with Crippen LogP contribution < -0.4 is 5.32 Å². The molecule has 0 unspecified atom stereocenters. The van der Waals surface area contributed by atoms with Gasteiger partial charge in [-0.1, -0.05) is 23.9 Å². The number of aromatic nitrogens is 4. The summed E-state index contributed by atoms with van der Waals surface area (Å²) in [6.07, 6.45) is 8.60. The summed E-state index contributed by atoms with van der Waals surface area (Å²) < 4.78 is 1.71. The summed E-state index contributed by atoms with van der Waals surface area (Å²) in [4.78, 5) is 35.1. The number of anilines is 1. The minimum atomic E-state index is -0.288. The summed E-state index contributed by atoms with van der Waals surface area (Å²) in [6, 6.07) is 12.8. The summed E-state index contributed by atoms with van der Waals surface area (Å²) in [5.74, 6) is -0.0691. The molecule has 5 rings (SSSR count). The van der Waals surface area contributed by atoms with Gasteiger partial charge in [0.05, 0.1) is 29.8 Å². The van der Waals surface area contributed by atoms with E-state index >= 15 is 0 Å². The molecule has 35 heavy (non-hydrogen) atoms. The fraction of sp³-hybridized carbons (Fsp3) is 0.231. The van der Waals surface area contributed by atoms with Crippen LogP contribution in [-0.4, -0.2) is 62.5 Å². The zero-order valence-electron chi connectivity index (χ0n) is 19.2. The van der Waals surface area contributed by atoms with Crippen LogP contribution in [0, 0.1) is 0 Å². The van der Waals surface area contributed by atoms with Crippen LogP contribution >= 0.6 is 0 Å². The normalized spacial score (nSPS) is 15.7. The van der Waals surface area contributed by atoms with Crippen LogP contribution in [0.3, 0.4) is 0 Å². The van der Waals surface area contributed by atoms with Crippen molar-refractivity contribution in [3.63, 3.8) is 0 Å². The van der Waals surface area contributed by atoms with Crippen LogP contribution in [0.1, 0.15) is 40.6 Å². The number of likely N-dealkylation sites (tertiary alicyclic amines) is 1. The summed E-state index contributed by atoms with van der Waals surface area (Å²) in [6.45, 7) is 5.50. The molecule has 0 aliphatic carbocycles. The third-order valence-corrected chi connectivity index (χ3v) is 6.23. The van der Waals surface area contributed by atoms with Gasteiger partial charge in [-0.25, -0.2) is 9.67 Å². The first-order valence-electron chi connectivity index (χ1n) is 11.5. The molecule has 4 heterocycles. The lowest BCUT2D eigenvalue weighted by Gasteiger charge is -2.30. The van der Waals surface area contributed by atoms with E-state index in [9.17, 15) is 9.59 Å². The van der Waals surface area contributed by atoms with Gasteiger partial charge in [-0.3, -0.25) is 14.6 Å². The van der Waals surface area contributed by atoms with Gasteiger partial charge in [-0.2, -0.15) is 0 Å². The number of nitrogens with one attached hydrogen (secondary N) is 1. The van der Waals surface area contributed by atoms with Crippen molar-refractivity contribution >= 4 is 29.3 Å². The zero-order chi connectivity index (χ0) is 24.2. The number of carbonyl (C=O) groups excluding carboxylic acids is 2. The average molecular weight is 468 g/mol. The van der Waals surface area contributed by atoms with Crippen LogP contribution in [0.15, 0.2) is 72.4 Å². The van der Waals surface area contributed by atoms with Gasteiger partial charge in [0, 0.05) is 36.5 Å². The van der Waals surface area contributed by atoms with Crippen LogP contribution in [0.5, 0.6) is 0 Å². The number of benzene rings is 1. The fourth-order valence-corrected chi connectivity index (χ4v) is 4.29. The monoisotopic (exact) mass is 467 g/mol. The second-order valence-electron chi connectivity index (χ2n) is 8.49. The number of pyridine rings is 1. The van der Waals surface area contributed by atoms with Crippen molar-refractivity contribution in [2.24, 2.45) is 4.99 Å². The minimum Gasteiger partial charge on any atom is -0.339 e. The van der Waals surface area contributed by atoms with E-state index in [2.05, 4.69) is 32.2 Å². The first-order valence-corrected chi connectivity index (χ1v) is 11.5. The molecule has 3 aromatic rings. The Hall–Kier alpha value is -4.40. The molecule has 2 amide bonds. The SMILES string of the molecule is C=CC(=O)N1CCC(c2cn(-c3cccc(NC(=O)c4cccc(C5=CC=NC5)n4)c3)nn2)CC1. The number of hydrogen-bond donors (Lipinski definition) is 1. The molecule has 2 aliphatic rings. The molecule has 1 saturated heterocycles. The lowest BCUT2D eigenvalue weighted by molar-refractivity contribution is -0.127. The van der Waals surface area contributed by atoms with E-state index < -0.39 is 0 Å². The average Bonchev–Trinajstić information content (AvgIpc) is 3.62. The predicted octanol–water partition coefficient (Wildman–Crippen LogP) is 3.27. The van der Waals surface area contributed by atoms with Crippen molar-refractivity contribution in [2.75, 3.05) is 25.0 Å². The van der Waals surface area contributed by atoms with E-state index in [0.717, 1.165) is 35.5 Å². The van der Waals surface area contributed by atoms with Gasteiger partial charge < -0.3 is 10.2 Å². The molecule has 9 heteroatoms. The van der Waals surface area contributed by atoms with E-state index in [-0.39, 0.29) is 17.7 Å². The van der Waals surface area contributed by atoms with Crippen molar-refractivity contribution < 1.29 is 9.59 Å². The van der Waals surface area contributed by atoms with E-state index in [1.807, 2.05) is 53.6 Å². The van der Waals surface area contributed by atoms with E-state index in [1.54, 1.807) is 17.0 Å². The summed E-state index contributed by atoms with van der Waals surface area (Å²) in [7, 11) is 0. The Morgan fingerprint density at radius 2 is 1.94 bits per heavy atom. The number of nitrogens with zero attached hydrogens (tertiary/aromatic N) is 6. The van der Waals surface area contributed by atoms with Crippen molar-refractivity contribution in [3.05, 3.63) is 84.5 Å². The van der Waals surface area contributed by atoms with Crippen molar-refractivity contribution in [2.45, 2.75) is 18.8 Å². The van der Waals surface area contributed by atoms with Gasteiger partial charge >= 0.3 is 0 Å². The fourth-order valence-electron chi connectivity index (χ4n) is 4.29. The third kappa shape index (κ3) is 4.93. The highest BCUT2D eigenvalue weighted by atomic mass is 16.2. The van der Waals surface area contributed by atoms with E-state index in [4.69, 9.17) is 0 Å².